The highest BCUT2D eigenvalue weighted by molar-refractivity contribution is 7.98. The number of nitrogens with two attached hydrogens (primary N) is 1. The number of thioether (sulfide) groups is 1. The molecule has 9 nitrogen and oxygen atoms in total. The zero-order chi connectivity index (χ0) is 24.3. The van der Waals surface area contributed by atoms with Crippen molar-refractivity contribution >= 4 is 35.5 Å². The summed E-state index contributed by atoms with van der Waals surface area (Å²) in [7, 11) is 0. The third kappa shape index (κ3) is 9.27. The van der Waals surface area contributed by atoms with Gasteiger partial charge in [-0.3, -0.25) is 14.4 Å². The molecule has 3 amide bonds. The van der Waals surface area contributed by atoms with Crippen molar-refractivity contribution in [1.29, 1.82) is 0 Å². The molecule has 1 aromatic carbocycles. The predicted octanol–water partition coefficient (Wildman–Crippen LogP) is 0.524. The molecule has 32 heavy (non-hydrogen) atoms. The van der Waals surface area contributed by atoms with Crippen LogP contribution in [0.5, 0.6) is 0 Å². The van der Waals surface area contributed by atoms with Crippen LogP contribution >= 0.6 is 11.8 Å². The number of carboxylic acids is 1. The topological polar surface area (TPSA) is 151 Å². The summed E-state index contributed by atoms with van der Waals surface area (Å²) in [6, 6.07) is 5.38. The number of carbonyl (C=O) groups is 4. The molecule has 0 fully saturated rings. The van der Waals surface area contributed by atoms with E-state index in [2.05, 4.69) is 16.0 Å². The average Bonchev–Trinajstić information content (AvgIpc) is 2.74. The standard InChI is InChI=1S/C22H34N4O5S/c1-13(2)18(22(30)31)26-19(27)14(3)24-21(29)17(12-15-8-6-5-7-9-15)25-20(28)16(23)10-11-32-4/h5-9,13-14,16-18H,10-12,23H2,1-4H3,(H,24,29)(H,25,28)(H,26,27)(H,30,31). The maximum absolute atomic E-state index is 12.9. The van der Waals surface area contributed by atoms with Crippen molar-refractivity contribution < 1.29 is 24.3 Å². The van der Waals surface area contributed by atoms with E-state index in [1.807, 2.05) is 36.6 Å². The van der Waals surface area contributed by atoms with Crippen LogP contribution in [0.2, 0.25) is 0 Å². The van der Waals surface area contributed by atoms with Crippen molar-refractivity contribution in [1.82, 2.24) is 16.0 Å². The Morgan fingerprint density at radius 2 is 1.59 bits per heavy atom. The van der Waals surface area contributed by atoms with E-state index in [4.69, 9.17) is 5.73 Å². The second-order valence-corrected chi connectivity index (χ2v) is 8.92. The van der Waals surface area contributed by atoms with Gasteiger partial charge in [-0.2, -0.15) is 11.8 Å². The van der Waals surface area contributed by atoms with Crippen LogP contribution in [0.4, 0.5) is 0 Å². The van der Waals surface area contributed by atoms with Crippen molar-refractivity contribution in [2.45, 2.75) is 57.8 Å². The van der Waals surface area contributed by atoms with Gasteiger partial charge in [-0.25, -0.2) is 4.79 Å². The fraction of sp³-hybridized carbons (Fsp3) is 0.545. The average molecular weight is 467 g/mol. The van der Waals surface area contributed by atoms with Crippen LogP contribution in [0.3, 0.4) is 0 Å². The van der Waals surface area contributed by atoms with Gasteiger partial charge in [-0.1, -0.05) is 44.2 Å². The molecule has 1 rings (SSSR count). The van der Waals surface area contributed by atoms with Crippen LogP contribution in [0.1, 0.15) is 32.8 Å². The Morgan fingerprint density at radius 1 is 0.969 bits per heavy atom. The molecule has 0 heterocycles. The molecule has 0 radical (unpaired) electrons. The van der Waals surface area contributed by atoms with Gasteiger partial charge in [-0.05, 0) is 36.8 Å². The molecule has 10 heteroatoms. The highest BCUT2D eigenvalue weighted by Crippen LogP contribution is 2.06. The van der Waals surface area contributed by atoms with Crippen LogP contribution in [0.15, 0.2) is 30.3 Å². The SMILES string of the molecule is CSCCC(N)C(=O)NC(Cc1ccccc1)C(=O)NC(C)C(=O)NC(C(=O)O)C(C)C. The Hall–Kier alpha value is -2.59. The van der Waals surface area contributed by atoms with Gasteiger partial charge in [0.25, 0.3) is 0 Å². The number of nitrogens with one attached hydrogen (secondary N) is 3. The zero-order valence-corrected chi connectivity index (χ0v) is 19.8. The molecule has 0 saturated heterocycles. The molecule has 6 N–H and O–H groups in total. The highest BCUT2D eigenvalue weighted by Gasteiger charge is 2.29. The molecular formula is C22H34N4O5S. The molecule has 0 aliphatic rings. The first-order valence-corrected chi connectivity index (χ1v) is 11.9. The summed E-state index contributed by atoms with van der Waals surface area (Å²) in [6.07, 6.45) is 2.60. The number of hydrogen-bond donors (Lipinski definition) is 5. The van der Waals surface area contributed by atoms with Crippen molar-refractivity contribution in [3.05, 3.63) is 35.9 Å². The van der Waals surface area contributed by atoms with Crippen molar-refractivity contribution in [2.24, 2.45) is 11.7 Å². The van der Waals surface area contributed by atoms with Crippen LogP contribution in [0, 0.1) is 5.92 Å². The number of hydrogen-bond acceptors (Lipinski definition) is 6. The number of amides is 3. The molecular weight excluding hydrogens is 432 g/mol. The molecule has 0 bridgehead atoms. The van der Waals surface area contributed by atoms with E-state index in [0.29, 0.717) is 12.2 Å². The third-order valence-corrected chi connectivity index (χ3v) is 5.51. The van der Waals surface area contributed by atoms with E-state index >= 15 is 0 Å². The van der Waals surface area contributed by atoms with E-state index in [-0.39, 0.29) is 12.3 Å². The maximum Gasteiger partial charge on any atom is 0.326 e. The Kier molecular flexibility index (Phi) is 11.8. The van der Waals surface area contributed by atoms with Gasteiger partial charge in [0.15, 0.2) is 0 Å². The molecule has 0 aliphatic carbocycles. The Balaban J connectivity index is 2.88. The minimum absolute atomic E-state index is 0.214. The zero-order valence-electron chi connectivity index (χ0n) is 19.0. The van der Waals surface area contributed by atoms with E-state index in [1.54, 1.807) is 25.6 Å². The van der Waals surface area contributed by atoms with Gasteiger partial charge in [0.05, 0.1) is 6.04 Å². The molecule has 0 aliphatic heterocycles. The van der Waals surface area contributed by atoms with Crippen molar-refractivity contribution in [3.8, 4) is 0 Å². The summed E-state index contributed by atoms with van der Waals surface area (Å²) in [6.45, 7) is 4.81. The number of aliphatic carboxylic acids is 1. The van der Waals surface area contributed by atoms with Crippen molar-refractivity contribution in [3.63, 3.8) is 0 Å². The van der Waals surface area contributed by atoms with Gasteiger partial charge in [0.2, 0.25) is 17.7 Å². The fourth-order valence-electron chi connectivity index (χ4n) is 2.89. The largest absolute Gasteiger partial charge is 0.480 e. The minimum Gasteiger partial charge on any atom is -0.480 e. The van der Waals surface area contributed by atoms with E-state index < -0.39 is 47.9 Å². The monoisotopic (exact) mass is 466 g/mol. The fourth-order valence-corrected chi connectivity index (χ4v) is 3.37. The number of benzene rings is 1. The lowest BCUT2D eigenvalue weighted by Gasteiger charge is -2.24. The minimum atomic E-state index is -1.15. The summed E-state index contributed by atoms with van der Waals surface area (Å²) >= 11 is 1.57. The van der Waals surface area contributed by atoms with E-state index in [1.165, 1.54) is 6.92 Å². The second-order valence-electron chi connectivity index (χ2n) is 7.94. The molecule has 0 aromatic heterocycles. The lowest BCUT2D eigenvalue weighted by molar-refractivity contribution is -0.143. The Bertz CT molecular complexity index is 775. The Morgan fingerprint density at radius 3 is 2.12 bits per heavy atom. The molecule has 178 valence electrons. The van der Waals surface area contributed by atoms with Crippen molar-refractivity contribution in [2.75, 3.05) is 12.0 Å². The molecule has 0 spiro atoms. The summed E-state index contributed by atoms with van der Waals surface area (Å²) in [4.78, 5) is 49.2. The second kappa shape index (κ2) is 13.7. The van der Waals surface area contributed by atoms with Gasteiger partial charge in [-0.15, -0.1) is 0 Å². The summed E-state index contributed by atoms with van der Waals surface area (Å²) in [5.74, 6) is -2.40. The molecule has 4 unspecified atom stereocenters. The van der Waals surface area contributed by atoms with Crippen LogP contribution in [0.25, 0.3) is 0 Å². The Labute approximate surface area is 193 Å². The normalized spacial score (nSPS) is 14.7. The molecule has 1 aromatic rings. The lowest BCUT2D eigenvalue weighted by atomic mass is 10.0. The van der Waals surface area contributed by atoms with E-state index in [9.17, 15) is 24.3 Å². The number of carbonyl (C=O) groups excluding carboxylic acids is 3. The number of rotatable bonds is 13. The third-order valence-electron chi connectivity index (χ3n) is 4.87. The highest BCUT2D eigenvalue weighted by atomic mass is 32.2. The quantitative estimate of drug-likeness (QED) is 0.284. The summed E-state index contributed by atoms with van der Waals surface area (Å²) in [5, 5.41) is 16.9. The van der Waals surface area contributed by atoms with Crippen LogP contribution in [-0.4, -0.2) is 65.0 Å². The van der Waals surface area contributed by atoms with Crippen LogP contribution in [-0.2, 0) is 25.6 Å². The van der Waals surface area contributed by atoms with Gasteiger partial charge < -0.3 is 26.8 Å². The van der Waals surface area contributed by atoms with Gasteiger partial charge in [0, 0.05) is 6.42 Å². The lowest BCUT2D eigenvalue weighted by Crippen LogP contribution is -2.57. The maximum atomic E-state index is 12.9. The first-order chi connectivity index (χ1) is 15.1. The first kappa shape index (κ1) is 27.4. The van der Waals surface area contributed by atoms with Gasteiger partial charge in [0.1, 0.15) is 18.1 Å². The molecule has 0 saturated carbocycles. The first-order valence-electron chi connectivity index (χ1n) is 10.5. The van der Waals surface area contributed by atoms with Crippen LogP contribution < -0.4 is 21.7 Å². The van der Waals surface area contributed by atoms with E-state index in [0.717, 1.165) is 5.56 Å². The number of carboxylic acid groups (broad SMARTS) is 1. The molecule has 4 atom stereocenters. The van der Waals surface area contributed by atoms with Gasteiger partial charge >= 0.3 is 5.97 Å². The summed E-state index contributed by atoms with van der Waals surface area (Å²) in [5.41, 5.74) is 6.76. The summed E-state index contributed by atoms with van der Waals surface area (Å²) < 4.78 is 0. The predicted molar refractivity (Wildman–Crippen MR) is 125 cm³/mol. The smallest absolute Gasteiger partial charge is 0.326 e.